The zero-order valence-corrected chi connectivity index (χ0v) is 14.9. The summed E-state index contributed by atoms with van der Waals surface area (Å²) in [5.74, 6) is 0.848. The van der Waals surface area contributed by atoms with Gasteiger partial charge in [-0.15, -0.1) is 0 Å². The third-order valence-corrected chi connectivity index (χ3v) is 4.40. The second kappa shape index (κ2) is 7.79. The van der Waals surface area contributed by atoms with Crippen molar-refractivity contribution in [1.82, 2.24) is 10.2 Å². The number of hydrogen-bond acceptors (Lipinski definition) is 2. The normalized spacial score (nSPS) is 21.6. The molecular weight excluding hydrogens is 244 g/mol. The van der Waals surface area contributed by atoms with Gasteiger partial charge < -0.3 is 10.2 Å². The highest BCUT2D eigenvalue weighted by Gasteiger charge is 2.28. The molecule has 1 atom stereocenters. The minimum Gasteiger partial charge on any atom is -0.312 e. The molecule has 20 heavy (non-hydrogen) atoms. The number of hydrogen-bond donors (Lipinski definition) is 1. The van der Waals surface area contributed by atoms with Gasteiger partial charge in [-0.1, -0.05) is 40.0 Å². The molecule has 0 aromatic heterocycles. The number of unbranched alkanes of at least 4 members (excludes halogenated alkanes) is 2. The Kier molecular flexibility index (Phi) is 7.00. The molecule has 0 spiro atoms. The van der Waals surface area contributed by atoms with E-state index in [1.807, 2.05) is 0 Å². The van der Waals surface area contributed by atoms with Crippen LogP contribution in [0.1, 0.15) is 73.6 Å². The Balaban J connectivity index is 2.26. The van der Waals surface area contributed by atoms with Crippen molar-refractivity contribution in [3.05, 3.63) is 0 Å². The van der Waals surface area contributed by atoms with Crippen LogP contribution in [0, 0.1) is 11.3 Å². The monoisotopic (exact) mass is 282 g/mol. The minimum atomic E-state index is 0.257. The van der Waals surface area contributed by atoms with Gasteiger partial charge in [-0.05, 0) is 58.0 Å². The van der Waals surface area contributed by atoms with Gasteiger partial charge in [0.2, 0.25) is 0 Å². The quantitative estimate of drug-likeness (QED) is 0.668. The van der Waals surface area contributed by atoms with Crippen LogP contribution < -0.4 is 5.32 Å². The maximum absolute atomic E-state index is 3.66. The van der Waals surface area contributed by atoms with E-state index in [2.05, 4.69) is 51.8 Å². The Morgan fingerprint density at radius 1 is 1.10 bits per heavy atom. The summed E-state index contributed by atoms with van der Waals surface area (Å²) in [6.45, 7) is 19.0. The first-order chi connectivity index (χ1) is 9.22. The van der Waals surface area contributed by atoms with E-state index in [9.17, 15) is 0 Å². The van der Waals surface area contributed by atoms with Crippen LogP contribution in [0.5, 0.6) is 0 Å². The largest absolute Gasteiger partial charge is 0.312 e. The topological polar surface area (TPSA) is 15.3 Å². The summed E-state index contributed by atoms with van der Waals surface area (Å²) in [4.78, 5) is 2.70. The molecule has 120 valence electrons. The molecule has 0 aromatic carbocycles. The van der Waals surface area contributed by atoms with E-state index in [-0.39, 0.29) is 5.54 Å². The minimum absolute atomic E-state index is 0.257. The second-order valence-electron chi connectivity index (χ2n) is 8.64. The lowest BCUT2D eigenvalue weighted by molar-refractivity contribution is 0.187. The van der Waals surface area contributed by atoms with Crippen LogP contribution >= 0.6 is 0 Å². The van der Waals surface area contributed by atoms with Crippen molar-refractivity contribution in [3.8, 4) is 0 Å². The predicted molar refractivity (Wildman–Crippen MR) is 90.2 cm³/mol. The van der Waals surface area contributed by atoms with E-state index >= 15 is 0 Å². The zero-order valence-electron chi connectivity index (χ0n) is 14.9. The molecule has 1 N–H and O–H groups in total. The second-order valence-corrected chi connectivity index (χ2v) is 8.64. The van der Waals surface area contributed by atoms with Crippen LogP contribution in [-0.2, 0) is 0 Å². The van der Waals surface area contributed by atoms with Gasteiger partial charge in [0, 0.05) is 18.6 Å². The van der Waals surface area contributed by atoms with E-state index in [1.165, 1.54) is 58.3 Å². The molecule has 0 aromatic rings. The van der Waals surface area contributed by atoms with E-state index < -0.39 is 0 Å². The van der Waals surface area contributed by atoms with Crippen molar-refractivity contribution in [1.29, 1.82) is 0 Å². The average molecular weight is 283 g/mol. The lowest BCUT2D eigenvalue weighted by Crippen LogP contribution is -2.40. The van der Waals surface area contributed by atoms with Crippen molar-refractivity contribution < 1.29 is 0 Å². The molecule has 1 unspecified atom stereocenters. The van der Waals surface area contributed by atoms with Crippen molar-refractivity contribution in [3.63, 3.8) is 0 Å². The SMILES string of the molecule is CCCCCC(C)(C)CN1CCC(CNC(C)(C)C)C1. The third-order valence-electron chi connectivity index (χ3n) is 4.40. The van der Waals surface area contributed by atoms with Gasteiger partial charge in [0.15, 0.2) is 0 Å². The Bertz CT molecular complexity index is 265. The zero-order chi connectivity index (χ0) is 15.2. The molecule has 0 saturated carbocycles. The molecular formula is C18H38N2. The number of likely N-dealkylation sites (tertiary alicyclic amines) is 1. The van der Waals surface area contributed by atoms with Crippen LogP contribution in [0.3, 0.4) is 0 Å². The first-order valence-corrected chi connectivity index (χ1v) is 8.69. The van der Waals surface area contributed by atoms with Gasteiger partial charge in [-0.3, -0.25) is 0 Å². The van der Waals surface area contributed by atoms with Crippen molar-refractivity contribution >= 4 is 0 Å². The predicted octanol–water partition coefficient (Wildman–Crippen LogP) is 4.30. The maximum atomic E-state index is 3.66. The molecule has 2 heteroatoms. The van der Waals surface area contributed by atoms with E-state index in [0.29, 0.717) is 5.41 Å². The summed E-state index contributed by atoms with van der Waals surface area (Å²) in [5, 5.41) is 3.66. The number of nitrogens with zero attached hydrogens (tertiary/aromatic N) is 1. The Hall–Kier alpha value is -0.0800. The lowest BCUT2D eigenvalue weighted by Gasteiger charge is -2.30. The van der Waals surface area contributed by atoms with Crippen molar-refractivity contribution in [2.45, 2.75) is 79.2 Å². The highest BCUT2D eigenvalue weighted by Crippen LogP contribution is 2.28. The Morgan fingerprint density at radius 2 is 1.80 bits per heavy atom. The first kappa shape index (κ1) is 18.0. The van der Waals surface area contributed by atoms with Gasteiger partial charge in [0.1, 0.15) is 0 Å². The summed E-state index contributed by atoms with van der Waals surface area (Å²) >= 11 is 0. The maximum Gasteiger partial charge on any atom is 0.00966 e. The summed E-state index contributed by atoms with van der Waals surface area (Å²) in [6, 6.07) is 0. The number of nitrogens with one attached hydrogen (secondary N) is 1. The lowest BCUT2D eigenvalue weighted by atomic mass is 9.86. The molecule has 1 aliphatic rings. The van der Waals surface area contributed by atoms with Crippen LogP contribution in [0.25, 0.3) is 0 Å². The third kappa shape index (κ3) is 7.64. The van der Waals surface area contributed by atoms with Gasteiger partial charge in [0.05, 0.1) is 0 Å². The van der Waals surface area contributed by atoms with Crippen molar-refractivity contribution in [2.75, 3.05) is 26.2 Å². The van der Waals surface area contributed by atoms with Gasteiger partial charge in [-0.2, -0.15) is 0 Å². The fourth-order valence-electron chi connectivity index (χ4n) is 3.21. The molecule has 2 nitrogen and oxygen atoms in total. The van der Waals surface area contributed by atoms with Gasteiger partial charge >= 0.3 is 0 Å². The fraction of sp³-hybridized carbons (Fsp3) is 1.00. The molecule has 1 fully saturated rings. The Morgan fingerprint density at radius 3 is 2.40 bits per heavy atom. The molecule has 1 heterocycles. The summed E-state index contributed by atoms with van der Waals surface area (Å²) in [7, 11) is 0. The van der Waals surface area contributed by atoms with Gasteiger partial charge in [-0.25, -0.2) is 0 Å². The van der Waals surface area contributed by atoms with Crippen LogP contribution in [0.4, 0.5) is 0 Å². The standard InChI is InChI=1S/C18H38N2/c1-7-8-9-11-18(5,6)15-20-12-10-16(14-20)13-19-17(2,3)4/h16,19H,7-15H2,1-6H3. The molecule has 0 amide bonds. The molecule has 1 aliphatic heterocycles. The average Bonchev–Trinajstić information content (AvgIpc) is 2.72. The van der Waals surface area contributed by atoms with E-state index in [1.54, 1.807) is 0 Å². The molecule has 1 saturated heterocycles. The highest BCUT2D eigenvalue weighted by atomic mass is 15.2. The molecule has 0 bridgehead atoms. The van der Waals surface area contributed by atoms with Crippen LogP contribution in [0.15, 0.2) is 0 Å². The van der Waals surface area contributed by atoms with E-state index in [4.69, 9.17) is 0 Å². The van der Waals surface area contributed by atoms with Crippen LogP contribution in [0.2, 0.25) is 0 Å². The van der Waals surface area contributed by atoms with Crippen LogP contribution in [-0.4, -0.2) is 36.6 Å². The molecule has 0 aliphatic carbocycles. The molecule has 0 radical (unpaired) electrons. The Labute approximate surface area is 127 Å². The number of rotatable bonds is 8. The van der Waals surface area contributed by atoms with Crippen molar-refractivity contribution in [2.24, 2.45) is 11.3 Å². The fourth-order valence-corrected chi connectivity index (χ4v) is 3.21. The van der Waals surface area contributed by atoms with E-state index in [0.717, 1.165) is 5.92 Å². The first-order valence-electron chi connectivity index (χ1n) is 8.69. The summed E-state index contributed by atoms with van der Waals surface area (Å²) < 4.78 is 0. The summed E-state index contributed by atoms with van der Waals surface area (Å²) in [5.41, 5.74) is 0.744. The summed E-state index contributed by atoms with van der Waals surface area (Å²) in [6.07, 6.45) is 6.87. The smallest absolute Gasteiger partial charge is 0.00966 e. The molecule has 1 rings (SSSR count). The van der Waals surface area contributed by atoms with Gasteiger partial charge in [0.25, 0.3) is 0 Å². The highest BCUT2D eigenvalue weighted by molar-refractivity contribution is 4.83.